The van der Waals surface area contributed by atoms with E-state index in [4.69, 9.17) is 16.3 Å². The molecule has 0 saturated heterocycles. The lowest BCUT2D eigenvalue weighted by Crippen LogP contribution is -2.05. The molecule has 2 rings (SSSR count). The Balaban J connectivity index is 2.24. The summed E-state index contributed by atoms with van der Waals surface area (Å²) >= 11 is 13.1. The van der Waals surface area contributed by atoms with Crippen LogP contribution in [-0.2, 0) is 6.54 Å². The average molecular weight is 446 g/mol. The van der Waals surface area contributed by atoms with Gasteiger partial charge >= 0.3 is 0 Å². The summed E-state index contributed by atoms with van der Waals surface area (Å²) in [7, 11) is 0. The van der Waals surface area contributed by atoms with Crippen LogP contribution in [0.2, 0.25) is 5.02 Å². The van der Waals surface area contributed by atoms with Gasteiger partial charge in [-0.1, -0.05) is 46.3 Å². The molecule has 2 nitrogen and oxygen atoms in total. The van der Waals surface area contributed by atoms with Gasteiger partial charge in [-0.15, -0.1) is 0 Å². The molecular formula is C17H16Br2ClNO. The molecule has 0 heterocycles. The molecule has 2 aromatic rings. The third-order valence-electron chi connectivity index (χ3n) is 3.10. The Bertz CT molecular complexity index is 689. The van der Waals surface area contributed by atoms with Crippen LogP contribution in [0, 0.1) is 6.92 Å². The lowest BCUT2D eigenvalue weighted by molar-refractivity contribution is 0.357. The van der Waals surface area contributed by atoms with Crippen molar-refractivity contribution in [1.29, 1.82) is 0 Å². The minimum atomic E-state index is 0.462. The van der Waals surface area contributed by atoms with Gasteiger partial charge in [-0.05, 0) is 52.7 Å². The first-order chi connectivity index (χ1) is 10.5. The number of benzene rings is 2. The molecule has 0 aliphatic rings. The summed E-state index contributed by atoms with van der Waals surface area (Å²) in [6.45, 7) is 6.83. The first-order valence-electron chi connectivity index (χ1n) is 6.73. The van der Waals surface area contributed by atoms with E-state index in [0.717, 1.165) is 31.5 Å². The van der Waals surface area contributed by atoms with E-state index < -0.39 is 0 Å². The molecule has 0 aromatic heterocycles. The molecule has 22 heavy (non-hydrogen) atoms. The minimum absolute atomic E-state index is 0.462. The first kappa shape index (κ1) is 17.4. The third kappa shape index (κ3) is 4.51. The van der Waals surface area contributed by atoms with Gasteiger partial charge in [-0.3, -0.25) is 0 Å². The van der Waals surface area contributed by atoms with Gasteiger partial charge < -0.3 is 10.1 Å². The van der Waals surface area contributed by atoms with E-state index in [-0.39, 0.29) is 0 Å². The largest absolute Gasteiger partial charge is 0.488 e. The van der Waals surface area contributed by atoms with Crippen LogP contribution in [0.3, 0.4) is 0 Å². The van der Waals surface area contributed by atoms with E-state index in [2.05, 4.69) is 43.8 Å². The second-order valence-electron chi connectivity index (χ2n) is 4.79. The fourth-order valence-corrected chi connectivity index (χ4v) is 3.62. The van der Waals surface area contributed by atoms with Crippen molar-refractivity contribution in [3.8, 4) is 5.75 Å². The molecule has 2 aromatic carbocycles. The second-order valence-corrected chi connectivity index (χ2v) is 6.99. The molecule has 0 atom stereocenters. The molecule has 116 valence electrons. The summed E-state index contributed by atoms with van der Waals surface area (Å²) in [5, 5.41) is 4.12. The molecule has 0 bridgehead atoms. The van der Waals surface area contributed by atoms with Crippen LogP contribution >= 0.6 is 43.5 Å². The van der Waals surface area contributed by atoms with Crippen molar-refractivity contribution in [2.45, 2.75) is 13.5 Å². The standard InChI is InChI=1S/C17H16Br2ClNO/c1-3-6-22-17-12(7-13(18)8-15(17)19)10-21-16-9-14(20)5-4-11(16)2/h3-5,7-9,21H,1,6,10H2,2H3. The van der Waals surface area contributed by atoms with Crippen molar-refractivity contribution < 1.29 is 4.74 Å². The van der Waals surface area contributed by atoms with E-state index in [0.29, 0.717) is 18.2 Å². The number of hydrogen-bond donors (Lipinski definition) is 1. The Hall–Kier alpha value is -0.970. The van der Waals surface area contributed by atoms with Crippen molar-refractivity contribution in [2.24, 2.45) is 0 Å². The predicted molar refractivity (Wildman–Crippen MR) is 101 cm³/mol. The van der Waals surface area contributed by atoms with E-state index in [1.807, 2.05) is 37.3 Å². The quantitative estimate of drug-likeness (QED) is 0.523. The minimum Gasteiger partial charge on any atom is -0.488 e. The van der Waals surface area contributed by atoms with E-state index in [1.54, 1.807) is 6.08 Å². The highest BCUT2D eigenvalue weighted by Crippen LogP contribution is 2.34. The van der Waals surface area contributed by atoms with Crippen LogP contribution < -0.4 is 10.1 Å². The summed E-state index contributed by atoms with van der Waals surface area (Å²) in [6, 6.07) is 9.81. The van der Waals surface area contributed by atoms with Crippen molar-refractivity contribution in [3.63, 3.8) is 0 Å². The Morgan fingerprint density at radius 1 is 1.27 bits per heavy atom. The lowest BCUT2D eigenvalue weighted by atomic mass is 10.1. The van der Waals surface area contributed by atoms with Gasteiger partial charge in [0.2, 0.25) is 0 Å². The van der Waals surface area contributed by atoms with Gasteiger partial charge in [0.05, 0.1) is 4.47 Å². The number of hydrogen-bond acceptors (Lipinski definition) is 2. The maximum atomic E-state index is 6.06. The summed E-state index contributed by atoms with van der Waals surface area (Å²) in [6.07, 6.45) is 1.73. The predicted octanol–water partition coefficient (Wildman–Crippen LogP) is 6.35. The van der Waals surface area contributed by atoms with Crippen LogP contribution in [-0.4, -0.2) is 6.61 Å². The number of halogens is 3. The van der Waals surface area contributed by atoms with Gasteiger partial charge in [0.1, 0.15) is 12.4 Å². The smallest absolute Gasteiger partial charge is 0.139 e. The highest BCUT2D eigenvalue weighted by molar-refractivity contribution is 9.11. The van der Waals surface area contributed by atoms with E-state index in [1.165, 1.54) is 0 Å². The van der Waals surface area contributed by atoms with Gasteiger partial charge in [0.15, 0.2) is 0 Å². The molecule has 5 heteroatoms. The summed E-state index contributed by atoms with van der Waals surface area (Å²) in [5.74, 6) is 0.815. The zero-order valence-corrected chi connectivity index (χ0v) is 16.1. The Labute approximate surface area is 152 Å². The molecule has 0 spiro atoms. The van der Waals surface area contributed by atoms with Crippen LogP contribution in [0.1, 0.15) is 11.1 Å². The molecule has 0 aliphatic carbocycles. The van der Waals surface area contributed by atoms with Gasteiger partial charge in [-0.2, -0.15) is 0 Å². The number of nitrogens with one attached hydrogen (secondary N) is 1. The Morgan fingerprint density at radius 3 is 2.77 bits per heavy atom. The molecule has 1 N–H and O–H groups in total. The second kappa shape index (κ2) is 8.04. The monoisotopic (exact) mass is 443 g/mol. The molecule has 0 amide bonds. The molecule has 0 saturated carbocycles. The number of anilines is 1. The zero-order chi connectivity index (χ0) is 16.1. The maximum Gasteiger partial charge on any atom is 0.139 e. The summed E-state index contributed by atoms with van der Waals surface area (Å²) < 4.78 is 7.66. The Kier molecular flexibility index (Phi) is 6.36. The molecule has 0 aliphatic heterocycles. The zero-order valence-electron chi connectivity index (χ0n) is 12.1. The highest BCUT2D eigenvalue weighted by atomic mass is 79.9. The molecular weight excluding hydrogens is 429 g/mol. The van der Waals surface area contributed by atoms with Crippen molar-refractivity contribution in [1.82, 2.24) is 0 Å². The maximum absolute atomic E-state index is 6.06. The number of ether oxygens (including phenoxy) is 1. The van der Waals surface area contributed by atoms with Gasteiger partial charge in [0, 0.05) is 27.3 Å². The number of rotatable bonds is 6. The van der Waals surface area contributed by atoms with Crippen LogP contribution in [0.25, 0.3) is 0 Å². The normalized spacial score (nSPS) is 10.4. The van der Waals surface area contributed by atoms with Crippen LogP contribution in [0.4, 0.5) is 5.69 Å². The molecule has 0 unspecified atom stereocenters. The van der Waals surface area contributed by atoms with Crippen molar-refractivity contribution in [3.05, 3.63) is 68.1 Å². The lowest BCUT2D eigenvalue weighted by Gasteiger charge is -2.15. The van der Waals surface area contributed by atoms with Crippen molar-refractivity contribution in [2.75, 3.05) is 11.9 Å². The van der Waals surface area contributed by atoms with Crippen molar-refractivity contribution >= 4 is 49.1 Å². The average Bonchev–Trinajstić information content (AvgIpc) is 2.47. The molecule has 0 radical (unpaired) electrons. The van der Waals surface area contributed by atoms with Crippen LogP contribution in [0.15, 0.2) is 51.9 Å². The SMILES string of the molecule is C=CCOc1c(Br)cc(Br)cc1CNc1cc(Cl)ccc1C. The van der Waals surface area contributed by atoms with E-state index in [9.17, 15) is 0 Å². The summed E-state index contributed by atoms with van der Waals surface area (Å²) in [5.41, 5.74) is 3.20. The van der Waals surface area contributed by atoms with Gasteiger partial charge in [0.25, 0.3) is 0 Å². The Morgan fingerprint density at radius 2 is 2.05 bits per heavy atom. The molecule has 0 fully saturated rings. The van der Waals surface area contributed by atoms with Crippen LogP contribution in [0.5, 0.6) is 5.75 Å². The fourth-order valence-electron chi connectivity index (χ4n) is 2.02. The van der Waals surface area contributed by atoms with E-state index >= 15 is 0 Å². The fraction of sp³-hybridized carbons (Fsp3) is 0.176. The topological polar surface area (TPSA) is 21.3 Å². The highest BCUT2D eigenvalue weighted by Gasteiger charge is 2.10. The third-order valence-corrected chi connectivity index (χ3v) is 4.38. The number of aryl methyl sites for hydroxylation is 1. The first-order valence-corrected chi connectivity index (χ1v) is 8.69. The summed E-state index contributed by atoms with van der Waals surface area (Å²) in [4.78, 5) is 0. The van der Waals surface area contributed by atoms with Gasteiger partial charge in [-0.25, -0.2) is 0 Å².